The molecule has 0 heterocycles. The second kappa shape index (κ2) is 7.05. The van der Waals surface area contributed by atoms with Crippen molar-refractivity contribution in [2.75, 3.05) is 37.5 Å². The Morgan fingerprint density at radius 2 is 2.00 bits per heavy atom. The van der Waals surface area contributed by atoms with Crippen LogP contribution in [0.25, 0.3) is 0 Å². The van der Waals surface area contributed by atoms with Crippen molar-refractivity contribution < 1.29 is 13.2 Å². The molecule has 0 aliphatic rings. The first-order valence-electron chi connectivity index (χ1n) is 5.95. The van der Waals surface area contributed by atoms with E-state index in [9.17, 15) is 13.2 Å². The van der Waals surface area contributed by atoms with E-state index in [4.69, 9.17) is 0 Å². The Hall–Kier alpha value is -0.880. The normalized spacial score (nSPS) is 11.7. The molecule has 108 valence electrons. The zero-order valence-corrected chi connectivity index (χ0v) is 12.2. The maximum Gasteiger partial charge on any atom is 0.418 e. The van der Waals surface area contributed by atoms with Gasteiger partial charge in [0.05, 0.1) is 5.56 Å². The summed E-state index contributed by atoms with van der Waals surface area (Å²) in [6, 6.07) is 4.51. The molecule has 0 unspecified atom stereocenters. The third-order valence-corrected chi connectivity index (χ3v) is 3.38. The van der Waals surface area contributed by atoms with Crippen LogP contribution in [0.15, 0.2) is 18.2 Å². The number of halogens is 3. The topological polar surface area (TPSA) is 15.3 Å². The summed E-state index contributed by atoms with van der Waals surface area (Å²) in [7, 11) is 3.41. The second-order valence-electron chi connectivity index (χ2n) is 4.29. The number of nitrogens with zero attached hydrogens (tertiary/aromatic N) is 1. The molecule has 0 fully saturated rings. The number of thioether (sulfide) groups is 1. The van der Waals surface area contributed by atoms with E-state index in [-0.39, 0.29) is 5.69 Å². The number of anilines is 1. The van der Waals surface area contributed by atoms with E-state index in [0.29, 0.717) is 18.7 Å². The second-order valence-corrected chi connectivity index (χ2v) is 5.28. The number of hydrogen-bond acceptors (Lipinski definition) is 3. The lowest BCUT2D eigenvalue weighted by molar-refractivity contribution is -0.137. The molecule has 0 bridgehead atoms. The van der Waals surface area contributed by atoms with E-state index in [1.54, 1.807) is 42.9 Å². The van der Waals surface area contributed by atoms with Gasteiger partial charge in [0.1, 0.15) is 0 Å². The minimum atomic E-state index is -4.33. The average molecular weight is 292 g/mol. The third-order valence-electron chi connectivity index (χ3n) is 2.79. The molecule has 1 aromatic carbocycles. The van der Waals surface area contributed by atoms with E-state index in [0.717, 1.165) is 5.75 Å². The van der Waals surface area contributed by atoms with Gasteiger partial charge in [-0.05, 0) is 31.0 Å². The van der Waals surface area contributed by atoms with Crippen molar-refractivity contribution in [2.24, 2.45) is 0 Å². The van der Waals surface area contributed by atoms with Gasteiger partial charge in [0.2, 0.25) is 0 Å². The summed E-state index contributed by atoms with van der Waals surface area (Å²) < 4.78 is 39.3. The van der Waals surface area contributed by atoms with Crippen LogP contribution < -0.4 is 10.2 Å². The Labute approximate surface area is 116 Å². The van der Waals surface area contributed by atoms with E-state index in [1.165, 1.54) is 6.07 Å². The molecule has 0 aliphatic carbocycles. The summed E-state index contributed by atoms with van der Waals surface area (Å²) in [5, 5.41) is 2.86. The van der Waals surface area contributed by atoms with Gasteiger partial charge in [-0.2, -0.15) is 24.9 Å². The highest BCUT2D eigenvalue weighted by molar-refractivity contribution is 7.98. The summed E-state index contributed by atoms with van der Waals surface area (Å²) in [5.74, 6) is 0.798. The molecule has 0 aromatic heterocycles. The Morgan fingerprint density at radius 3 is 2.53 bits per heavy atom. The fourth-order valence-corrected chi connectivity index (χ4v) is 2.26. The molecule has 0 spiro atoms. The minimum Gasteiger partial charge on any atom is -0.373 e. The Morgan fingerprint density at radius 1 is 1.32 bits per heavy atom. The number of hydrogen-bond donors (Lipinski definition) is 1. The van der Waals surface area contributed by atoms with Crippen molar-refractivity contribution >= 4 is 17.4 Å². The molecule has 0 atom stereocenters. The van der Waals surface area contributed by atoms with Crippen LogP contribution in [0.2, 0.25) is 0 Å². The number of nitrogens with one attached hydrogen (secondary N) is 1. The van der Waals surface area contributed by atoms with Crippen molar-refractivity contribution in [3.8, 4) is 0 Å². The molecule has 0 amide bonds. The highest BCUT2D eigenvalue weighted by atomic mass is 32.2. The molecule has 19 heavy (non-hydrogen) atoms. The van der Waals surface area contributed by atoms with Crippen molar-refractivity contribution in [3.05, 3.63) is 29.3 Å². The van der Waals surface area contributed by atoms with Gasteiger partial charge >= 0.3 is 6.18 Å². The van der Waals surface area contributed by atoms with Gasteiger partial charge in [-0.3, -0.25) is 0 Å². The first-order chi connectivity index (χ1) is 8.90. The van der Waals surface area contributed by atoms with Gasteiger partial charge in [-0.15, -0.1) is 0 Å². The molecule has 6 heteroatoms. The zero-order chi connectivity index (χ0) is 14.5. The predicted octanol–water partition coefficient (Wildman–Crippen LogP) is 3.22. The van der Waals surface area contributed by atoms with Crippen LogP contribution in [0.5, 0.6) is 0 Å². The Bertz CT molecular complexity index is 407. The smallest absolute Gasteiger partial charge is 0.373 e. The molecule has 2 nitrogen and oxygen atoms in total. The monoisotopic (exact) mass is 292 g/mol. The summed E-state index contributed by atoms with van der Waals surface area (Å²) in [6.07, 6.45) is -2.39. The van der Waals surface area contributed by atoms with Gasteiger partial charge in [-0.1, -0.05) is 6.07 Å². The van der Waals surface area contributed by atoms with Crippen molar-refractivity contribution in [2.45, 2.75) is 12.7 Å². The largest absolute Gasteiger partial charge is 0.418 e. The van der Waals surface area contributed by atoms with Gasteiger partial charge < -0.3 is 10.2 Å². The summed E-state index contributed by atoms with van der Waals surface area (Å²) in [5.41, 5.74) is 0.307. The van der Waals surface area contributed by atoms with Crippen LogP contribution in [0, 0.1) is 0 Å². The lowest BCUT2D eigenvalue weighted by Gasteiger charge is -2.24. The van der Waals surface area contributed by atoms with E-state index >= 15 is 0 Å². The summed E-state index contributed by atoms with van der Waals surface area (Å²) >= 11 is 1.62. The third kappa shape index (κ3) is 4.62. The molecule has 0 saturated carbocycles. The SMILES string of the molecule is CNCc1ccc(N(C)CCSC)c(C(F)(F)F)c1. The van der Waals surface area contributed by atoms with Crippen molar-refractivity contribution in [1.82, 2.24) is 5.32 Å². The van der Waals surface area contributed by atoms with E-state index in [2.05, 4.69) is 5.32 Å². The molecule has 1 N–H and O–H groups in total. The van der Waals surface area contributed by atoms with Crippen molar-refractivity contribution in [1.29, 1.82) is 0 Å². The fraction of sp³-hybridized carbons (Fsp3) is 0.538. The highest BCUT2D eigenvalue weighted by Gasteiger charge is 2.34. The van der Waals surface area contributed by atoms with Crippen LogP contribution in [0.1, 0.15) is 11.1 Å². The van der Waals surface area contributed by atoms with Gasteiger partial charge in [0.15, 0.2) is 0 Å². The van der Waals surface area contributed by atoms with Gasteiger partial charge in [0, 0.05) is 31.6 Å². The van der Waals surface area contributed by atoms with Crippen LogP contribution in [0.4, 0.5) is 18.9 Å². The zero-order valence-electron chi connectivity index (χ0n) is 11.3. The number of rotatable bonds is 6. The first kappa shape index (κ1) is 16.2. The average Bonchev–Trinajstić information content (AvgIpc) is 2.35. The Kier molecular flexibility index (Phi) is 6.00. The maximum absolute atomic E-state index is 13.1. The molecule has 0 aliphatic heterocycles. The maximum atomic E-state index is 13.1. The molecule has 0 saturated heterocycles. The highest BCUT2D eigenvalue weighted by Crippen LogP contribution is 2.37. The lowest BCUT2D eigenvalue weighted by Crippen LogP contribution is -2.24. The minimum absolute atomic E-state index is 0.237. The van der Waals surface area contributed by atoms with Crippen LogP contribution in [-0.2, 0) is 12.7 Å². The standard InChI is InChI=1S/C13H19F3N2S/c1-17-9-10-4-5-12(18(2)6-7-19-3)11(8-10)13(14,15)16/h4-5,8,17H,6-7,9H2,1-3H3. The van der Waals surface area contributed by atoms with Crippen LogP contribution in [0.3, 0.4) is 0 Å². The Balaban J connectivity index is 3.08. The quantitative estimate of drug-likeness (QED) is 0.866. The van der Waals surface area contributed by atoms with E-state index in [1.807, 2.05) is 6.26 Å². The number of benzene rings is 1. The first-order valence-corrected chi connectivity index (χ1v) is 7.34. The molecular formula is C13H19F3N2S. The van der Waals surface area contributed by atoms with Gasteiger partial charge in [0.25, 0.3) is 0 Å². The van der Waals surface area contributed by atoms with Crippen LogP contribution in [-0.4, -0.2) is 32.6 Å². The molecule has 1 rings (SSSR count). The molecular weight excluding hydrogens is 273 g/mol. The van der Waals surface area contributed by atoms with Gasteiger partial charge in [-0.25, -0.2) is 0 Å². The molecule has 0 radical (unpaired) electrons. The van der Waals surface area contributed by atoms with Crippen molar-refractivity contribution in [3.63, 3.8) is 0 Å². The summed E-state index contributed by atoms with van der Waals surface area (Å²) in [4.78, 5) is 1.66. The summed E-state index contributed by atoms with van der Waals surface area (Å²) in [6.45, 7) is 1.02. The lowest BCUT2D eigenvalue weighted by atomic mass is 10.1. The molecule has 1 aromatic rings. The van der Waals surface area contributed by atoms with Crippen LogP contribution >= 0.6 is 11.8 Å². The van der Waals surface area contributed by atoms with E-state index < -0.39 is 11.7 Å². The fourth-order valence-electron chi connectivity index (χ4n) is 1.81. The predicted molar refractivity (Wildman–Crippen MR) is 75.9 cm³/mol. The number of alkyl halides is 3.